The minimum absolute atomic E-state index is 0.244. The number of carbonyl (C=O) groups excluding carboxylic acids is 1. The first-order chi connectivity index (χ1) is 8.20. The molecule has 0 spiro atoms. The summed E-state index contributed by atoms with van der Waals surface area (Å²) >= 11 is 1.62. The maximum absolute atomic E-state index is 11.3. The normalized spacial score (nSPS) is 17.2. The van der Waals surface area contributed by atoms with E-state index in [4.69, 9.17) is 0 Å². The van der Waals surface area contributed by atoms with E-state index in [1.165, 1.54) is 0 Å². The number of anilines is 1. The molecule has 1 aromatic heterocycles. The third-order valence-electron chi connectivity index (χ3n) is 3.23. The number of piperidine rings is 1. The first kappa shape index (κ1) is 12.4. The number of aromatic nitrogens is 2. The Morgan fingerprint density at radius 1 is 1.41 bits per heavy atom. The molecule has 0 amide bonds. The van der Waals surface area contributed by atoms with Gasteiger partial charge in [0.2, 0.25) is 0 Å². The van der Waals surface area contributed by atoms with Gasteiger partial charge in [-0.05, 0) is 26.0 Å². The molecule has 17 heavy (non-hydrogen) atoms. The fourth-order valence-electron chi connectivity index (χ4n) is 2.13. The molecule has 0 N–H and O–H groups in total. The van der Waals surface area contributed by atoms with Crippen molar-refractivity contribution in [2.75, 3.05) is 24.2 Å². The quantitative estimate of drug-likeness (QED) is 0.607. The molecule has 1 aliphatic rings. The highest BCUT2D eigenvalue weighted by molar-refractivity contribution is 7.98. The zero-order valence-electron chi connectivity index (χ0n) is 10.2. The highest BCUT2D eigenvalue weighted by Crippen LogP contribution is 2.24. The van der Waals surface area contributed by atoms with E-state index in [1.807, 2.05) is 12.3 Å². The Hall–Kier alpha value is -1.10. The number of Topliss-reactive ketones (excluding diaryl/α,β-unsaturated/α-hetero) is 1. The van der Waals surface area contributed by atoms with E-state index >= 15 is 0 Å². The second-order valence-electron chi connectivity index (χ2n) is 4.29. The lowest BCUT2D eigenvalue weighted by atomic mass is 9.93. The molecule has 92 valence electrons. The largest absolute Gasteiger partial charge is 0.356 e. The number of nitrogens with zero attached hydrogens (tertiary/aromatic N) is 3. The lowest BCUT2D eigenvalue weighted by Crippen LogP contribution is -2.36. The second kappa shape index (κ2) is 5.49. The van der Waals surface area contributed by atoms with Gasteiger partial charge < -0.3 is 4.90 Å². The van der Waals surface area contributed by atoms with Crippen LogP contribution >= 0.6 is 11.8 Å². The smallest absolute Gasteiger partial charge is 0.133 e. The molecular weight excluding hydrogens is 234 g/mol. The first-order valence-corrected chi connectivity index (χ1v) is 7.04. The summed E-state index contributed by atoms with van der Waals surface area (Å²) in [5.74, 6) is 1.54. The van der Waals surface area contributed by atoms with Gasteiger partial charge in [-0.15, -0.1) is 11.8 Å². The molecule has 4 nitrogen and oxygen atoms in total. The van der Waals surface area contributed by atoms with Gasteiger partial charge in [-0.1, -0.05) is 0 Å². The standard InChI is InChI=1S/C12H17N3OS/c1-9(16)10-3-5-15(6-4-10)11-7-12(17-2)14-8-13-11/h7-8,10H,3-6H2,1-2H3. The van der Waals surface area contributed by atoms with Crippen LogP contribution in [0.2, 0.25) is 0 Å². The molecule has 0 aliphatic carbocycles. The van der Waals surface area contributed by atoms with Crippen LogP contribution in [-0.2, 0) is 4.79 Å². The van der Waals surface area contributed by atoms with E-state index in [2.05, 4.69) is 14.9 Å². The summed E-state index contributed by atoms with van der Waals surface area (Å²) in [7, 11) is 0. The van der Waals surface area contributed by atoms with Crippen LogP contribution in [-0.4, -0.2) is 35.1 Å². The second-order valence-corrected chi connectivity index (χ2v) is 5.12. The zero-order chi connectivity index (χ0) is 12.3. The summed E-state index contributed by atoms with van der Waals surface area (Å²) in [6, 6.07) is 2.01. The Kier molecular flexibility index (Phi) is 3.99. The fraction of sp³-hybridized carbons (Fsp3) is 0.583. The molecule has 5 heteroatoms. The molecular formula is C12H17N3OS. The van der Waals surface area contributed by atoms with Crippen LogP contribution in [0.15, 0.2) is 17.4 Å². The van der Waals surface area contributed by atoms with Crippen LogP contribution in [0.25, 0.3) is 0 Å². The van der Waals surface area contributed by atoms with Crippen molar-refractivity contribution in [1.82, 2.24) is 9.97 Å². The van der Waals surface area contributed by atoms with Crippen molar-refractivity contribution in [2.45, 2.75) is 24.8 Å². The Labute approximate surface area is 106 Å². The van der Waals surface area contributed by atoms with E-state index in [0.29, 0.717) is 5.78 Å². The van der Waals surface area contributed by atoms with Gasteiger partial charge in [0.1, 0.15) is 23.0 Å². The van der Waals surface area contributed by atoms with E-state index in [0.717, 1.165) is 36.8 Å². The molecule has 0 bridgehead atoms. The average Bonchev–Trinajstić information content (AvgIpc) is 2.39. The third-order valence-corrected chi connectivity index (χ3v) is 3.87. The van der Waals surface area contributed by atoms with E-state index in [-0.39, 0.29) is 5.92 Å². The highest BCUT2D eigenvalue weighted by Gasteiger charge is 2.23. The van der Waals surface area contributed by atoms with E-state index < -0.39 is 0 Å². The van der Waals surface area contributed by atoms with Gasteiger partial charge in [0.15, 0.2) is 0 Å². The minimum atomic E-state index is 0.244. The molecule has 1 aliphatic heterocycles. The maximum Gasteiger partial charge on any atom is 0.133 e. The predicted octanol–water partition coefficient (Wildman–Crippen LogP) is 2.00. The Balaban J connectivity index is 2.02. The molecule has 0 aromatic carbocycles. The molecule has 1 fully saturated rings. The van der Waals surface area contributed by atoms with Crippen LogP contribution in [0.1, 0.15) is 19.8 Å². The molecule has 1 saturated heterocycles. The van der Waals surface area contributed by atoms with Crippen molar-refractivity contribution in [2.24, 2.45) is 5.92 Å². The topological polar surface area (TPSA) is 46.1 Å². The SMILES string of the molecule is CSc1cc(N2CCC(C(C)=O)CC2)ncn1. The molecule has 0 saturated carbocycles. The summed E-state index contributed by atoms with van der Waals surface area (Å²) in [5.41, 5.74) is 0. The van der Waals surface area contributed by atoms with Crippen LogP contribution in [0, 0.1) is 5.92 Å². The first-order valence-electron chi connectivity index (χ1n) is 5.82. The number of rotatable bonds is 3. The van der Waals surface area contributed by atoms with Crippen LogP contribution in [0.3, 0.4) is 0 Å². The number of ketones is 1. The van der Waals surface area contributed by atoms with Gasteiger partial charge in [-0.2, -0.15) is 0 Å². The van der Waals surface area contributed by atoms with E-state index in [9.17, 15) is 4.79 Å². The van der Waals surface area contributed by atoms with Gasteiger partial charge in [-0.25, -0.2) is 9.97 Å². The number of hydrogen-bond donors (Lipinski definition) is 0. The molecule has 2 rings (SSSR count). The third kappa shape index (κ3) is 2.97. The highest BCUT2D eigenvalue weighted by atomic mass is 32.2. The van der Waals surface area contributed by atoms with E-state index in [1.54, 1.807) is 25.0 Å². The molecule has 1 aromatic rings. The van der Waals surface area contributed by atoms with Crippen molar-refractivity contribution in [3.05, 3.63) is 12.4 Å². The van der Waals surface area contributed by atoms with Crippen LogP contribution in [0.5, 0.6) is 0 Å². The number of hydrogen-bond acceptors (Lipinski definition) is 5. The zero-order valence-corrected chi connectivity index (χ0v) is 11.0. The summed E-state index contributed by atoms with van der Waals surface area (Å²) < 4.78 is 0. The molecule has 0 atom stereocenters. The van der Waals surface area contributed by atoms with Crippen molar-refractivity contribution < 1.29 is 4.79 Å². The molecule has 0 radical (unpaired) electrons. The van der Waals surface area contributed by atoms with Gasteiger partial charge in [0.05, 0.1) is 0 Å². The maximum atomic E-state index is 11.3. The van der Waals surface area contributed by atoms with Gasteiger partial charge in [-0.3, -0.25) is 4.79 Å². The molecule has 0 unspecified atom stereocenters. The lowest BCUT2D eigenvalue weighted by Gasteiger charge is -2.31. The lowest BCUT2D eigenvalue weighted by molar-refractivity contribution is -0.121. The monoisotopic (exact) mass is 251 g/mol. The van der Waals surface area contributed by atoms with Gasteiger partial charge in [0, 0.05) is 25.1 Å². The summed E-state index contributed by atoms with van der Waals surface area (Å²) in [4.78, 5) is 22.0. The Morgan fingerprint density at radius 2 is 2.12 bits per heavy atom. The van der Waals surface area contributed by atoms with Crippen LogP contribution in [0.4, 0.5) is 5.82 Å². The van der Waals surface area contributed by atoms with Gasteiger partial charge >= 0.3 is 0 Å². The average molecular weight is 251 g/mol. The van der Waals surface area contributed by atoms with Crippen LogP contribution < -0.4 is 4.90 Å². The van der Waals surface area contributed by atoms with Crippen molar-refractivity contribution >= 4 is 23.4 Å². The summed E-state index contributed by atoms with van der Waals surface area (Å²) in [5, 5.41) is 0.990. The molecule has 2 heterocycles. The number of thioether (sulfide) groups is 1. The minimum Gasteiger partial charge on any atom is -0.356 e. The summed E-state index contributed by atoms with van der Waals surface area (Å²) in [6.45, 7) is 3.51. The van der Waals surface area contributed by atoms with Crippen molar-refractivity contribution in [3.63, 3.8) is 0 Å². The van der Waals surface area contributed by atoms with Crippen molar-refractivity contribution in [3.8, 4) is 0 Å². The fourth-order valence-corrected chi connectivity index (χ4v) is 2.51. The number of carbonyl (C=O) groups is 1. The van der Waals surface area contributed by atoms with Gasteiger partial charge in [0.25, 0.3) is 0 Å². The Bertz CT molecular complexity index is 402. The predicted molar refractivity (Wildman–Crippen MR) is 69.4 cm³/mol. The van der Waals surface area contributed by atoms with Crippen molar-refractivity contribution in [1.29, 1.82) is 0 Å². The Morgan fingerprint density at radius 3 is 2.71 bits per heavy atom. The summed E-state index contributed by atoms with van der Waals surface area (Å²) in [6.07, 6.45) is 5.49.